The van der Waals surface area contributed by atoms with Crippen molar-refractivity contribution >= 4 is 32.3 Å². The fraction of sp³-hybridized carbons (Fsp3) is 0. The first kappa shape index (κ1) is 14.0. The summed E-state index contributed by atoms with van der Waals surface area (Å²) in [5, 5.41) is 2.56. The van der Waals surface area contributed by atoms with Crippen LogP contribution < -0.4 is 0 Å². The van der Waals surface area contributed by atoms with Crippen LogP contribution in [0.15, 0.2) is 145 Å². The van der Waals surface area contributed by atoms with E-state index in [-0.39, 0.29) is 45.7 Å². The summed E-state index contributed by atoms with van der Waals surface area (Å²) >= 11 is 0. The molecule has 0 saturated carbocycles. The second kappa shape index (κ2) is 8.52. The van der Waals surface area contributed by atoms with E-state index in [9.17, 15) is 2.74 Å². The molecular formula is C36H24. The van der Waals surface area contributed by atoms with E-state index >= 15 is 0 Å². The topological polar surface area (TPSA) is 0 Å². The Morgan fingerprint density at radius 2 is 0.778 bits per heavy atom. The van der Waals surface area contributed by atoms with Gasteiger partial charge >= 0.3 is 0 Å². The minimum Gasteiger partial charge on any atom is -0.0622 e. The molecule has 7 rings (SSSR count). The molecule has 0 unspecified atom stereocenters. The fourth-order valence-electron chi connectivity index (χ4n) is 5.19. The summed E-state index contributed by atoms with van der Waals surface area (Å²) in [6.45, 7) is 0. The maximum absolute atomic E-state index is 9.17. The number of rotatable bonds is 3. The molecule has 0 saturated heterocycles. The van der Waals surface area contributed by atoms with Crippen LogP contribution in [0.3, 0.4) is 0 Å². The smallest absolute Gasteiger partial charge is 0.0622 e. The minimum atomic E-state index is -0.409. The van der Waals surface area contributed by atoms with Crippen LogP contribution in [0, 0.1) is 0 Å². The molecule has 0 heteroatoms. The van der Waals surface area contributed by atoms with E-state index in [0.29, 0.717) is 22.3 Å². The molecule has 0 aliphatic carbocycles. The number of fused-ring (bicyclic) bond motifs is 3. The van der Waals surface area contributed by atoms with Gasteiger partial charge in [0.25, 0.3) is 0 Å². The Balaban J connectivity index is 1.80. The molecule has 0 spiro atoms. The van der Waals surface area contributed by atoms with Crippen LogP contribution in [0.25, 0.3) is 65.7 Å². The number of hydrogen-bond donors (Lipinski definition) is 0. The molecule has 0 aromatic heterocycles. The lowest BCUT2D eigenvalue weighted by Crippen LogP contribution is -1.92. The predicted molar refractivity (Wildman–Crippen MR) is 155 cm³/mol. The van der Waals surface area contributed by atoms with E-state index in [4.69, 9.17) is 8.22 Å². The van der Waals surface area contributed by atoms with Gasteiger partial charge < -0.3 is 0 Å². The number of benzene rings is 7. The Bertz CT molecular complexity index is 2210. The van der Waals surface area contributed by atoms with E-state index in [1.54, 1.807) is 24.3 Å². The molecule has 0 aliphatic heterocycles. The van der Waals surface area contributed by atoms with Crippen molar-refractivity contribution in [2.24, 2.45) is 0 Å². The van der Waals surface area contributed by atoms with E-state index < -0.39 is 24.2 Å². The summed E-state index contributed by atoms with van der Waals surface area (Å²) in [5.41, 5.74) is 3.89. The first-order chi connectivity index (χ1) is 21.2. The van der Waals surface area contributed by atoms with Gasteiger partial charge in [0.1, 0.15) is 0 Å². The zero-order chi connectivity index (χ0) is 30.9. The summed E-state index contributed by atoms with van der Waals surface area (Å²) in [4.78, 5) is 0. The summed E-state index contributed by atoms with van der Waals surface area (Å²) in [6.07, 6.45) is 0. The summed E-state index contributed by atoms with van der Waals surface area (Å²) in [7, 11) is 0. The van der Waals surface area contributed by atoms with Gasteiger partial charge in [-0.3, -0.25) is 0 Å². The Kier molecular flexibility index (Phi) is 3.32. The van der Waals surface area contributed by atoms with Crippen LogP contribution in [-0.4, -0.2) is 0 Å². The van der Waals surface area contributed by atoms with Crippen molar-refractivity contribution in [3.8, 4) is 33.4 Å². The maximum atomic E-state index is 9.17. The van der Waals surface area contributed by atoms with Crippen molar-refractivity contribution in [3.63, 3.8) is 0 Å². The molecule has 0 radical (unpaired) electrons. The molecular weight excluding hydrogens is 432 g/mol. The van der Waals surface area contributed by atoms with Crippen LogP contribution >= 0.6 is 0 Å². The Labute approximate surface area is 222 Å². The third-order valence-electron chi connectivity index (χ3n) is 6.71. The second-order valence-electron chi connectivity index (χ2n) is 8.69. The zero-order valence-corrected chi connectivity index (χ0v) is 19.2. The van der Waals surface area contributed by atoms with E-state index in [1.807, 2.05) is 72.8 Å². The van der Waals surface area contributed by atoms with Gasteiger partial charge in [0.15, 0.2) is 0 Å². The van der Waals surface area contributed by atoms with Crippen molar-refractivity contribution in [2.75, 3.05) is 0 Å². The number of hydrogen-bond acceptors (Lipinski definition) is 0. The molecule has 0 atom stereocenters. The predicted octanol–water partition coefficient (Wildman–Crippen LogP) is 10.1. The molecule has 0 N–H and O–H groups in total. The molecule has 0 heterocycles. The molecule has 0 amide bonds. The van der Waals surface area contributed by atoms with Gasteiger partial charge in [0.2, 0.25) is 0 Å². The first-order valence-corrected chi connectivity index (χ1v) is 11.8. The van der Waals surface area contributed by atoms with Crippen LogP contribution in [-0.2, 0) is 0 Å². The van der Waals surface area contributed by atoms with Crippen LogP contribution in [0.1, 0.15) is 11.0 Å². The third kappa shape index (κ3) is 3.23. The Hall–Kier alpha value is -4.68. The Morgan fingerprint density at radius 1 is 0.333 bits per heavy atom. The highest BCUT2D eigenvalue weighted by Crippen LogP contribution is 2.45. The highest BCUT2D eigenvalue weighted by atomic mass is 14.2. The monoisotopic (exact) mass is 464 g/mol. The van der Waals surface area contributed by atoms with Gasteiger partial charge in [-0.2, -0.15) is 0 Å². The van der Waals surface area contributed by atoms with E-state index in [2.05, 4.69) is 0 Å². The summed E-state index contributed by atoms with van der Waals surface area (Å²) in [6, 6.07) is 27.9. The first-order valence-electron chi connectivity index (χ1n) is 15.8. The lowest BCUT2D eigenvalue weighted by molar-refractivity contribution is 1.64. The Morgan fingerprint density at radius 3 is 1.33 bits per heavy atom. The minimum absolute atomic E-state index is 0.213. The molecule has 7 aromatic rings. The molecule has 0 bridgehead atoms. The maximum Gasteiger partial charge on any atom is 0.0629 e. The largest absolute Gasteiger partial charge is 0.0629 e. The molecule has 36 heavy (non-hydrogen) atoms. The molecule has 168 valence electrons. The average molecular weight is 465 g/mol. The van der Waals surface area contributed by atoms with Gasteiger partial charge in [-0.15, -0.1) is 0 Å². The van der Waals surface area contributed by atoms with Crippen molar-refractivity contribution in [3.05, 3.63) is 145 Å². The van der Waals surface area contributed by atoms with Crippen molar-refractivity contribution in [2.45, 2.75) is 0 Å². The fourth-order valence-corrected chi connectivity index (χ4v) is 5.19. The molecule has 0 fully saturated rings. The van der Waals surface area contributed by atoms with Gasteiger partial charge in [0.05, 0.1) is 11.0 Å². The van der Waals surface area contributed by atoms with Gasteiger partial charge in [-0.25, -0.2) is 0 Å². The van der Waals surface area contributed by atoms with Crippen LogP contribution in [0.2, 0.25) is 0 Å². The van der Waals surface area contributed by atoms with E-state index in [1.165, 1.54) is 0 Å². The molecule has 0 aliphatic rings. The summed E-state index contributed by atoms with van der Waals surface area (Å²) in [5.74, 6) is 0. The average Bonchev–Trinajstić information content (AvgIpc) is 3.06. The third-order valence-corrected chi connectivity index (χ3v) is 6.71. The molecule has 0 nitrogen and oxygen atoms in total. The van der Waals surface area contributed by atoms with Gasteiger partial charge in [-0.05, 0) is 65.7 Å². The lowest BCUT2D eigenvalue weighted by atomic mass is 9.84. The molecule has 7 aromatic carbocycles. The van der Waals surface area contributed by atoms with E-state index in [0.717, 1.165) is 21.9 Å². The normalized spacial score (nSPS) is 14.4. The van der Waals surface area contributed by atoms with Crippen LogP contribution in [0.5, 0.6) is 0 Å². The quantitative estimate of drug-likeness (QED) is 0.228. The van der Waals surface area contributed by atoms with Gasteiger partial charge in [-0.1, -0.05) is 145 Å². The SMILES string of the molecule is [2H]c1c([2H])c([2H])c2c(-c3cccc4c(-c5ccccc5)cccc34)c3c([2H])c([2H])c([2H])c([2H])c3c(-c3ccccc3)c2c1[2H]. The van der Waals surface area contributed by atoms with Crippen molar-refractivity contribution in [1.82, 2.24) is 0 Å². The second-order valence-corrected chi connectivity index (χ2v) is 8.69. The standard InChI is InChI=1S/C36H24/c1-3-13-25(14-4-1)27-21-11-23-29-28(27)22-12-24-30(29)36-33-19-9-7-17-31(33)35(26-15-5-2-6-16-26)32-18-8-10-20-34(32)36/h1-24H/i7D,8D,9D,10D,17D,18D,19D,20D. The lowest BCUT2D eigenvalue weighted by Gasteiger charge is -2.19. The van der Waals surface area contributed by atoms with Crippen molar-refractivity contribution < 1.29 is 11.0 Å². The van der Waals surface area contributed by atoms with Crippen molar-refractivity contribution in [1.29, 1.82) is 0 Å². The highest BCUT2D eigenvalue weighted by molar-refractivity contribution is 6.24. The summed E-state index contributed by atoms with van der Waals surface area (Å²) < 4.78 is 71.0. The highest BCUT2D eigenvalue weighted by Gasteiger charge is 2.18. The van der Waals surface area contributed by atoms with Crippen LogP contribution in [0.4, 0.5) is 0 Å². The zero-order valence-electron chi connectivity index (χ0n) is 27.2. The van der Waals surface area contributed by atoms with Gasteiger partial charge in [0, 0.05) is 0 Å².